The molecule has 0 aromatic carbocycles. The van der Waals surface area contributed by atoms with E-state index in [0.29, 0.717) is 0 Å². The van der Waals surface area contributed by atoms with Gasteiger partial charge in [-0.25, -0.2) is 0 Å². The lowest BCUT2D eigenvalue weighted by Gasteiger charge is -2.19. The van der Waals surface area contributed by atoms with Crippen molar-refractivity contribution in [3.63, 3.8) is 0 Å². The first-order valence-corrected chi connectivity index (χ1v) is 7.76. The summed E-state index contributed by atoms with van der Waals surface area (Å²) in [5, 5.41) is 10.8. The number of likely N-dealkylation sites (N-methyl/N-ethyl adjacent to an activating group) is 1. The monoisotopic (exact) mass is 285 g/mol. The number of hydrogen-bond donors (Lipinski definition) is 2. The van der Waals surface area contributed by atoms with Crippen LogP contribution in [-0.2, 0) is 6.54 Å². The second kappa shape index (κ2) is 6.83. The van der Waals surface area contributed by atoms with E-state index < -0.39 is 0 Å². The van der Waals surface area contributed by atoms with Crippen molar-refractivity contribution in [1.29, 1.82) is 0 Å². The number of nitrogens with one attached hydrogen (secondary N) is 2. The van der Waals surface area contributed by atoms with E-state index in [2.05, 4.69) is 38.4 Å². The Morgan fingerprint density at radius 3 is 3.00 bits per heavy atom. The van der Waals surface area contributed by atoms with Gasteiger partial charge in [0, 0.05) is 49.2 Å². The smallest absolute Gasteiger partial charge is 0.0710 e. The van der Waals surface area contributed by atoms with Gasteiger partial charge >= 0.3 is 0 Å². The van der Waals surface area contributed by atoms with Gasteiger partial charge in [0.25, 0.3) is 0 Å². The zero-order valence-electron chi connectivity index (χ0n) is 12.5. The molecular formula is C16H23N5. The molecule has 0 amide bonds. The van der Waals surface area contributed by atoms with Crippen LogP contribution in [0.5, 0.6) is 0 Å². The summed E-state index contributed by atoms with van der Waals surface area (Å²) in [6, 6.07) is 4.84. The van der Waals surface area contributed by atoms with E-state index >= 15 is 0 Å². The molecule has 2 N–H and O–H groups in total. The Balaban J connectivity index is 1.51. The normalized spacial score (nSPS) is 14.8. The molecule has 0 saturated heterocycles. The van der Waals surface area contributed by atoms with Gasteiger partial charge in [-0.1, -0.05) is 6.92 Å². The van der Waals surface area contributed by atoms with E-state index in [1.54, 1.807) is 6.20 Å². The second-order valence-corrected chi connectivity index (χ2v) is 5.55. The lowest BCUT2D eigenvalue weighted by molar-refractivity contribution is 0.277. The summed E-state index contributed by atoms with van der Waals surface area (Å²) >= 11 is 0. The van der Waals surface area contributed by atoms with Crippen molar-refractivity contribution in [2.24, 2.45) is 0 Å². The van der Waals surface area contributed by atoms with E-state index in [9.17, 15) is 0 Å². The molecule has 1 aliphatic rings. The van der Waals surface area contributed by atoms with E-state index in [0.717, 1.165) is 43.5 Å². The fourth-order valence-corrected chi connectivity index (χ4v) is 2.69. The standard InChI is InChI=1S/C16H23N5/c1-2-21(15-5-6-15)9-8-18-11-14-12-19-20-16(14)13-4-3-7-17-10-13/h3-4,7,10,12,15,18H,2,5-6,8-9,11H2,1H3,(H,19,20). The summed E-state index contributed by atoms with van der Waals surface area (Å²) in [4.78, 5) is 6.72. The van der Waals surface area contributed by atoms with Crippen molar-refractivity contribution >= 4 is 0 Å². The van der Waals surface area contributed by atoms with E-state index in [1.165, 1.54) is 18.4 Å². The zero-order chi connectivity index (χ0) is 14.5. The minimum atomic E-state index is 0.836. The Morgan fingerprint density at radius 2 is 2.29 bits per heavy atom. The molecule has 112 valence electrons. The Bertz CT molecular complexity index is 547. The van der Waals surface area contributed by atoms with Gasteiger partial charge < -0.3 is 5.32 Å². The molecular weight excluding hydrogens is 262 g/mol. The number of pyridine rings is 1. The van der Waals surface area contributed by atoms with Crippen molar-refractivity contribution in [3.05, 3.63) is 36.3 Å². The van der Waals surface area contributed by atoms with Crippen LogP contribution in [0.3, 0.4) is 0 Å². The molecule has 1 fully saturated rings. The second-order valence-electron chi connectivity index (χ2n) is 5.55. The van der Waals surface area contributed by atoms with Crippen molar-refractivity contribution in [2.75, 3.05) is 19.6 Å². The number of rotatable bonds is 8. The molecule has 0 aliphatic heterocycles. The molecule has 1 saturated carbocycles. The summed E-state index contributed by atoms with van der Waals surface area (Å²) in [7, 11) is 0. The third kappa shape index (κ3) is 3.68. The van der Waals surface area contributed by atoms with Gasteiger partial charge in [0.15, 0.2) is 0 Å². The maximum Gasteiger partial charge on any atom is 0.0710 e. The highest BCUT2D eigenvalue weighted by atomic mass is 15.2. The Morgan fingerprint density at radius 1 is 1.38 bits per heavy atom. The van der Waals surface area contributed by atoms with Crippen LogP contribution in [0, 0.1) is 0 Å². The molecule has 21 heavy (non-hydrogen) atoms. The summed E-state index contributed by atoms with van der Waals surface area (Å²) in [5.41, 5.74) is 3.34. The van der Waals surface area contributed by atoms with Gasteiger partial charge in [-0.3, -0.25) is 15.0 Å². The van der Waals surface area contributed by atoms with E-state index in [-0.39, 0.29) is 0 Å². The first kappa shape index (κ1) is 14.2. The van der Waals surface area contributed by atoms with Crippen LogP contribution in [0.1, 0.15) is 25.3 Å². The molecule has 5 heteroatoms. The highest BCUT2D eigenvalue weighted by Crippen LogP contribution is 2.25. The predicted molar refractivity (Wildman–Crippen MR) is 83.8 cm³/mol. The van der Waals surface area contributed by atoms with Crippen LogP contribution >= 0.6 is 0 Å². The molecule has 1 aliphatic carbocycles. The molecule has 5 nitrogen and oxygen atoms in total. The van der Waals surface area contributed by atoms with Gasteiger partial charge in [0.2, 0.25) is 0 Å². The van der Waals surface area contributed by atoms with Gasteiger partial charge in [-0.15, -0.1) is 0 Å². The first-order chi connectivity index (χ1) is 10.4. The lowest BCUT2D eigenvalue weighted by atomic mass is 10.1. The van der Waals surface area contributed by atoms with Crippen LogP contribution in [0.4, 0.5) is 0 Å². The van der Waals surface area contributed by atoms with Gasteiger partial charge in [0.05, 0.1) is 11.9 Å². The minimum absolute atomic E-state index is 0.836. The first-order valence-electron chi connectivity index (χ1n) is 7.76. The van der Waals surface area contributed by atoms with Gasteiger partial charge in [-0.2, -0.15) is 5.10 Å². The molecule has 3 rings (SSSR count). The van der Waals surface area contributed by atoms with Crippen LogP contribution < -0.4 is 5.32 Å². The Kier molecular flexibility index (Phi) is 4.62. The highest BCUT2D eigenvalue weighted by molar-refractivity contribution is 5.61. The summed E-state index contributed by atoms with van der Waals surface area (Å²) < 4.78 is 0. The lowest BCUT2D eigenvalue weighted by Crippen LogP contribution is -2.33. The summed E-state index contributed by atoms with van der Waals surface area (Å²) in [5.74, 6) is 0. The largest absolute Gasteiger partial charge is 0.311 e. The third-order valence-electron chi connectivity index (χ3n) is 4.03. The van der Waals surface area contributed by atoms with Crippen LogP contribution in [0.15, 0.2) is 30.7 Å². The maximum absolute atomic E-state index is 4.16. The Labute approximate surface area is 125 Å². The molecule has 0 unspecified atom stereocenters. The van der Waals surface area contributed by atoms with E-state index in [4.69, 9.17) is 0 Å². The molecule has 2 aromatic heterocycles. The third-order valence-corrected chi connectivity index (χ3v) is 4.03. The van der Waals surface area contributed by atoms with Crippen LogP contribution in [0.25, 0.3) is 11.3 Å². The maximum atomic E-state index is 4.16. The fourth-order valence-electron chi connectivity index (χ4n) is 2.69. The molecule has 2 heterocycles. The minimum Gasteiger partial charge on any atom is -0.311 e. The quantitative estimate of drug-likeness (QED) is 0.729. The fraction of sp³-hybridized carbons (Fsp3) is 0.500. The average molecular weight is 285 g/mol. The molecule has 2 aromatic rings. The van der Waals surface area contributed by atoms with Crippen molar-refractivity contribution in [3.8, 4) is 11.3 Å². The SMILES string of the molecule is CCN(CCNCc1cn[nH]c1-c1cccnc1)C1CC1. The van der Waals surface area contributed by atoms with Gasteiger partial charge in [-0.05, 0) is 31.5 Å². The molecule has 0 spiro atoms. The van der Waals surface area contributed by atoms with Crippen LogP contribution in [-0.4, -0.2) is 45.8 Å². The van der Waals surface area contributed by atoms with Crippen LogP contribution in [0.2, 0.25) is 0 Å². The molecule has 0 atom stereocenters. The van der Waals surface area contributed by atoms with Gasteiger partial charge in [0.1, 0.15) is 0 Å². The molecule has 0 radical (unpaired) electrons. The number of aromatic amines is 1. The summed E-state index contributed by atoms with van der Waals surface area (Å²) in [6.07, 6.45) is 8.30. The number of aromatic nitrogens is 3. The number of nitrogens with zero attached hydrogens (tertiary/aromatic N) is 3. The van der Waals surface area contributed by atoms with Crippen molar-refractivity contribution in [1.82, 2.24) is 25.4 Å². The highest BCUT2D eigenvalue weighted by Gasteiger charge is 2.26. The van der Waals surface area contributed by atoms with E-state index in [1.807, 2.05) is 18.5 Å². The number of hydrogen-bond acceptors (Lipinski definition) is 4. The predicted octanol–water partition coefficient (Wildman–Crippen LogP) is 2.05. The average Bonchev–Trinajstić information content (AvgIpc) is 3.26. The molecule has 0 bridgehead atoms. The topological polar surface area (TPSA) is 56.8 Å². The zero-order valence-corrected chi connectivity index (χ0v) is 12.5. The Hall–Kier alpha value is -1.72. The van der Waals surface area contributed by atoms with Crippen molar-refractivity contribution in [2.45, 2.75) is 32.4 Å². The summed E-state index contributed by atoms with van der Waals surface area (Å²) in [6.45, 7) is 6.38. The number of H-pyrrole nitrogens is 1. The van der Waals surface area contributed by atoms with Crippen molar-refractivity contribution < 1.29 is 0 Å².